The Morgan fingerprint density at radius 1 is 1.64 bits per heavy atom. The summed E-state index contributed by atoms with van der Waals surface area (Å²) in [4.78, 5) is 11.5. The number of nitrogens with one attached hydrogen (secondary N) is 1. The predicted octanol–water partition coefficient (Wildman–Crippen LogP) is 0.920. The van der Waals surface area contributed by atoms with Gasteiger partial charge < -0.3 is 10.4 Å². The SMILES string of the molecule is CC(C)C(=O)NC1CCC2(CO)CC12. The van der Waals surface area contributed by atoms with Gasteiger partial charge in [-0.25, -0.2) is 0 Å². The molecule has 14 heavy (non-hydrogen) atoms. The number of carbonyl (C=O) groups is 1. The standard InChI is InChI=1S/C11H19NO2/c1-7(2)10(14)12-9-3-4-11(6-13)5-8(9)11/h7-9,13H,3-6H2,1-2H3,(H,12,14). The minimum Gasteiger partial charge on any atom is -0.396 e. The van der Waals surface area contributed by atoms with Gasteiger partial charge in [-0.15, -0.1) is 0 Å². The van der Waals surface area contributed by atoms with E-state index >= 15 is 0 Å². The van der Waals surface area contributed by atoms with Crippen molar-refractivity contribution < 1.29 is 9.90 Å². The molecule has 3 nitrogen and oxygen atoms in total. The minimum atomic E-state index is 0.0675. The average Bonchev–Trinajstić information content (AvgIpc) is 2.79. The molecule has 3 unspecified atom stereocenters. The second-order valence-electron chi connectivity index (χ2n) is 5.14. The molecule has 0 bridgehead atoms. The number of rotatable bonds is 3. The van der Waals surface area contributed by atoms with Crippen molar-refractivity contribution in [3.05, 3.63) is 0 Å². The van der Waals surface area contributed by atoms with Gasteiger partial charge in [-0.2, -0.15) is 0 Å². The van der Waals surface area contributed by atoms with Gasteiger partial charge in [0, 0.05) is 18.6 Å². The topological polar surface area (TPSA) is 49.3 Å². The van der Waals surface area contributed by atoms with Gasteiger partial charge in [-0.1, -0.05) is 13.8 Å². The van der Waals surface area contributed by atoms with Gasteiger partial charge in [0.25, 0.3) is 0 Å². The summed E-state index contributed by atoms with van der Waals surface area (Å²) < 4.78 is 0. The van der Waals surface area contributed by atoms with Crippen molar-refractivity contribution in [3.63, 3.8) is 0 Å². The minimum absolute atomic E-state index is 0.0675. The van der Waals surface area contributed by atoms with Crippen molar-refractivity contribution >= 4 is 5.91 Å². The van der Waals surface area contributed by atoms with Crippen LogP contribution < -0.4 is 5.32 Å². The van der Waals surface area contributed by atoms with Crippen molar-refractivity contribution in [3.8, 4) is 0 Å². The number of hydrogen-bond acceptors (Lipinski definition) is 2. The summed E-state index contributed by atoms with van der Waals surface area (Å²) in [6.07, 6.45) is 3.23. The molecule has 3 heteroatoms. The van der Waals surface area contributed by atoms with E-state index in [-0.39, 0.29) is 17.2 Å². The number of carbonyl (C=O) groups excluding carboxylic acids is 1. The van der Waals surface area contributed by atoms with Crippen LogP contribution in [0, 0.1) is 17.3 Å². The van der Waals surface area contributed by atoms with E-state index in [1.807, 2.05) is 13.8 Å². The van der Waals surface area contributed by atoms with Crippen molar-refractivity contribution in [2.45, 2.75) is 39.2 Å². The van der Waals surface area contributed by atoms with Crippen LogP contribution in [0.4, 0.5) is 0 Å². The molecule has 2 aliphatic carbocycles. The second-order valence-corrected chi connectivity index (χ2v) is 5.14. The van der Waals surface area contributed by atoms with E-state index in [2.05, 4.69) is 5.32 Å². The Labute approximate surface area is 84.9 Å². The van der Waals surface area contributed by atoms with E-state index in [4.69, 9.17) is 0 Å². The number of amides is 1. The first-order valence-electron chi connectivity index (χ1n) is 5.50. The van der Waals surface area contributed by atoms with Crippen molar-refractivity contribution in [2.24, 2.45) is 17.3 Å². The molecule has 0 radical (unpaired) electrons. The maximum atomic E-state index is 11.5. The second kappa shape index (κ2) is 3.23. The van der Waals surface area contributed by atoms with Crippen LogP contribution in [0.2, 0.25) is 0 Å². The smallest absolute Gasteiger partial charge is 0.222 e. The molecule has 3 atom stereocenters. The van der Waals surface area contributed by atoms with Crippen LogP contribution in [0.15, 0.2) is 0 Å². The maximum Gasteiger partial charge on any atom is 0.222 e. The van der Waals surface area contributed by atoms with Crippen LogP contribution >= 0.6 is 0 Å². The van der Waals surface area contributed by atoms with E-state index < -0.39 is 0 Å². The Hall–Kier alpha value is -0.570. The lowest BCUT2D eigenvalue weighted by Gasteiger charge is -2.15. The highest BCUT2D eigenvalue weighted by atomic mass is 16.3. The zero-order valence-corrected chi connectivity index (χ0v) is 8.92. The van der Waals surface area contributed by atoms with Gasteiger partial charge in [0.05, 0.1) is 0 Å². The third-order valence-corrected chi connectivity index (χ3v) is 3.86. The summed E-state index contributed by atoms with van der Waals surface area (Å²) in [7, 11) is 0. The third-order valence-electron chi connectivity index (χ3n) is 3.86. The fourth-order valence-corrected chi connectivity index (χ4v) is 2.66. The van der Waals surface area contributed by atoms with Crippen LogP contribution in [0.5, 0.6) is 0 Å². The molecule has 1 amide bonds. The van der Waals surface area contributed by atoms with Crippen LogP contribution in [0.25, 0.3) is 0 Å². The van der Waals surface area contributed by atoms with Crippen LogP contribution in [-0.4, -0.2) is 23.7 Å². The fourth-order valence-electron chi connectivity index (χ4n) is 2.66. The van der Waals surface area contributed by atoms with Gasteiger partial charge in [0.2, 0.25) is 5.91 Å². The van der Waals surface area contributed by atoms with Gasteiger partial charge in [-0.3, -0.25) is 4.79 Å². The number of aliphatic hydroxyl groups is 1. The molecule has 2 fully saturated rings. The number of aliphatic hydroxyl groups excluding tert-OH is 1. The molecular weight excluding hydrogens is 178 g/mol. The molecule has 2 saturated carbocycles. The summed E-state index contributed by atoms with van der Waals surface area (Å²) in [6, 6.07) is 0.331. The molecule has 0 aliphatic heterocycles. The van der Waals surface area contributed by atoms with E-state index in [9.17, 15) is 9.90 Å². The molecule has 0 saturated heterocycles. The van der Waals surface area contributed by atoms with E-state index in [0.717, 1.165) is 19.3 Å². The van der Waals surface area contributed by atoms with Crippen molar-refractivity contribution in [1.82, 2.24) is 5.32 Å². The Bertz CT molecular complexity index is 252. The Kier molecular flexibility index (Phi) is 2.30. The molecular formula is C11H19NO2. The Morgan fingerprint density at radius 3 is 2.79 bits per heavy atom. The Balaban J connectivity index is 1.88. The maximum absolute atomic E-state index is 11.5. The molecule has 0 spiro atoms. The van der Waals surface area contributed by atoms with E-state index in [1.165, 1.54) is 0 Å². The molecule has 0 heterocycles. The molecule has 2 aliphatic rings. The van der Waals surface area contributed by atoms with Gasteiger partial charge in [0.15, 0.2) is 0 Å². The van der Waals surface area contributed by atoms with E-state index in [1.54, 1.807) is 0 Å². The van der Waals surface area contributed by atoms with Crippen molar-refractivity contribution in [1.29, 1.82) is 0 Å². The zero-order valence-electron chi connectivity index (χ0n) is 8.92. The van der Waals surface area contributed by atoms with Gasteiger partial charge in [-0.05, 0) is 30.6 Å². The highest BCUT2D eigenvalue weighted by molar-refractivity contribution is 5.78. The first kappa shape index (κ1) is 9.97. The average molecular weight is 197 g/mol. The highest BCUT2D eigenvalue weighted by Crippen LogP contribution is 2.63. The molecule has 0 aromatic carbocycles. The monoisotopic (exact) mass is 197 g/mol. The predicted molar refractivity (Wildman–Crippen MR) is 53.6 cm³/mol. The molecule has 80 valence electrons. The van der Waals surface area contributed by atoms with E-state index in [0.29, 0.717) is 18.6 Å². The van der Waals surface area contributed by atoms with Gasteiger partial charge >= 0.3 is 0 Å². The lowest BCUT2D eigenvalue weighted by Crippen LogP contribution is -2.37. The van der Waals surface area contributed by atoms with Crippen LogP contribution in [0.1, 0.15) is 33.1 Å². The molecule has 2 rings (SSSR count). The Morgan fingerprint density at radius 2 is 2.36 bits per heavy atom. The van der Waals surface area contributed by atoms with Gasteiger partial charge in [0.1, 0.15) is 0 Å². The zero-order chi connectivity index (χ0) is 10.3. The summed E-state index contributed by atoms with van der Waals surface area (Å²) in [6.45, 7) is 4.12. The number of hydrogen-bond donors (Lipinski definition) is 2. The highest BCUT2D eigenvalue weighted by Gasteiger charge is 2.61. The first-order chi connectivity index (χ1) is 6.59. The first-order valence-corrected chi connectivity index (χ1v) is 5.50. The van der Waals surface area contributed by atoms with Crippen LogP contribution in [0.3, 0.4) is 0 Å². The summed E-state index contributed by atoms with van der Waals surface area (Å²) >= 11 is 0. The third kappa shape index (κ3) is 1.44. The quantitative estimate of drug-likeness (QED) is 0.707. The largest absolute Gasteiger partial charge is 0.396 e. The molecule has 0 aromatic heterocycles. The summed E-state index contributed by atoms with van der Waals surface area (Å²) in [5.41, 5.74) is 0.189. The molecule has 2 N–H and O–H groups in total. The lowest BCUT2D eigenvalue weighted by molar-refractivity contribution is -0.124. The lowest BCUT2D eigenvalue weighted by atomic mass is 10.1. The summed E-state index contributed by atoms with van der Waals surface area (Å²) in [5, 5.41) is 12.3. The fraction of sp³-hybridized carbons (Fsp3) is 0.909. The van der Waals surface area contributed by atoms with Crippen LogP contribution in [-0.2, 0) is 4.79 Å². The van der Waals surface area contributed by atoms with Crippen molar-refractivity contribution in [2.75, 3.05) is 6.61 Å². The summed E-state index contributed by atoms with van der Waals surface area (Å²) in [5.74, 6) is 0.767. The number of fused-ring (bicyclic) bond motifs is 1. The molecule has 0 aromatic rings. The normalized spacial score (nSPS) is 39.7.